The maximum absolute atomic E-state index is 12.8. The predicted molar refractivity (Wildman–Crippen MR) is 288 cm³/mol. The Hall–Kier alpha value is -4.97. The third-order valence-electron chi connectivity index (χ3n) is 10.00. The molecular formula is C61H92O6. The molecule has 0 rings (SSSR count). The van der Waals surface area contributed by atoms with E-state index < -0.39 is 6.10 Å². The smallest absolute Gasteiger partial charge is 0.306 e. The van der Waals surface area contributed by atoms with Crippen molar-refractivity contribution >= 4 is 17.9 Å². The van der Waals surface area contributed by atoms with Crippen molar-refractivity contribution in [3.63, 3.8) is 0 Å². The number of carbonyl (C=O) groups excluding carboxylic acids is 3. The van der Waals surface area contributed by atoms with Crippen LogP contribution in [0, 0.1) is 0 Å². The van der Waals surface area contributed by atoms with Crippen molar-refractivity contribution in [1.29, 1.82) is 0 Å². The van der Waals surface area contributed by atoms with Gasteiger partial charge in [-0.3, -0.25) is 14.4 Å². The molecule has 0 spiro atoms. The third-order valence-corrected chi connectivity index (χ3v) is 10.00. The van der Waals surface area contributed by atoms with Gasteiger partial charge in [0.25, 0.3) is 0 Å². The van der Waals surface area contributed by atoms with Crippen LogP contribution in [0.2, 0.25) is 0 Å². The Morgan fingerprint density at radius 2 is 0.582 bits per heavy atom. The second-order valence-electron chi connectivity index (χ2n) is 16.3. The molecule has 0 amide bonds. The standard InChI is InChI=1S/C61H92O6/c1-4-7-10-13-16-19-22-25-28-30-33-35-38-41-44-47-50-53-59(62)65-56-58(67-61(64)55-52-49-46-43-40-37-32-27-24-21-18-15-12-9-6-3)57-66-60(63)54-51-48-45-42-39-36-34-31-29-26-23-20-17-14-11-8-5-2/h7-8,10-11,16-21,25-29,32-36,40-45,58H,4-6,9,12-15,22-24,30-31,37-39,46-57H2,1-3H3/b10-7-,11-8-,19-16-,20-17-,21-18-,28-25-,29-26-,32-27-,35-33-,36-34-,43-40-,44-41-,45-42-. The fourth-order valence-electron chi connectivity index (χ4n) is 6.16. The molecule has 0 fully saturated rings. The van der Waals surface area contributed by atoms with Crippen LogP contribution < -0.4 is 0 Å². The quantitative estimate of drug-likeness (QED) is 0.0262. The lowest BCUT2D eigenvalue weighted by Gasteiger charge is -2.18. The second-order valence-corrected chi connectivity index (χ2v) is 16.3. The van der Waals surface area contributed by atoms with Crippen LogP contribution in [0.4, 0.5) is 0 Å². The maximum Gasteiger partial charge on any atom is 0.306 e. The van der Waals surface area contributed by atoms with Gasteiger partial charge in [-0.25, -0.2) is 0 Å². The zero-order valence-electron chi connectivity index (χ0n) is 42.3. The van der Waals surface area contributed by atoms with Crippen LogP contribution in [-0.2, 0) is 28.6 Å². The van der Waals surface area contributed by atoms with E-state index in [1.54, 1.807) is 0 Å². The monoisotopic (exact) mass is 921 g/mol. The van der Waals surface area contributed by atoms with Crippen LogP contribution in [0.1, 0.15) is 188 Å². The molecule has 0 radical (unpaired) electrons. The van der Waals surface area contributed by atoms with Gasteiger partial charge in [-0.15, -0.1) is 0 Å². The van der Waals surface area contributed by atoms with Crippen LogP contribution in [0.3, 0.4) is 0 Å². The Morgan fingerprint density at radius 3 is 0.896 bits per heavy atom. The summed E-state index contributed by atoms with van der Waals surface area (Å²) in [7, 11) is 0. The van der Waals surface area contributed by atoms with Crippen molar-refractivity contribution in [1.82, 2.24) is 0 Å². The summed E-state index contributed by atoms with van der Waals surface area (Å²) < 4.78 is 16.7. The van der Waals surface area contributed by atoms with Gasteiger partial charge in [0.05, 0.1) is 0 Å². The van der Waals surface area contributed by atoms with Crippen molar-refractivity contribution in [2.75, 3.05) is 13.2 Å². The number of carbonyl (C=O) groups is 3. The van der Waals surface area contributed by atoms with Crippen LogP contribution in [-0.4, -0.2) is 37.2 Å². The van der Waals surface area contributed by atoms with E-state index >= 15 is 0 Å². The minimum absolute atomic E-state index is 0.148. The molecule has 0 N–H and O–H groups in total. The first kappa shape index (κ1) is 62.0. The molecule has 0 heterocycles. The summed E-state index contributed by atoms with van der Waals surface area (Å²) in [5, 5.41) is 0. The first-order valence-corrected chi connectivity index (χ1v) is 26.0. The Morgan fingerprint density at radius 1 is 0.313 bits per heavy atom. The highest BCUT2D eigenvalue weighted by Crippen LogP contribution is 2.09. The number of ether oxygens (including phenoxy) is 3. The lowest BCUT2D eigenvalue weighted by molar-refractivity contribution is -0.167. The van der Waals surface area contributed by atoms with Gasteiger partial charge < -0.3 is 14.2 Å². The molecule has 0 saturated heterocycles. The summed E-state index contributed by atoms with van der Waals surface area (Å²) in [6.45, 7) is 6.22. The normalized spacial score (nSPS) is 13.0. The SMILES string of the molecule is CC/C=C\C/C=C\C/C=C\C/C=C\C/C=C\CCCC(=O)OCC(COC(=O)CCC/C=C\C/C=C\C/C=C\C/C=C\C/C=C\CC)OC(=O)CCCC/C=C\C/C=C\C/C=C\CCCCC. The summed E-state index contributed by atoms with van der Waals surface area (Å²) in [5.74, 6) is -1.11. The molecule has 67 heavy (non-hydrogen) atoms. The summed E-state index contributed by atoms with van der Waals surface area (Å²) in [6.07, 6.45) is 78.1. The highest BCUT2D eigenvalue weighted by atomic mass is 16.6. The minimum Gasteiger partial charge on any atom is -0.462 e. The van der Waals surface area contributed by atoms with E-state index in [9.17, 15) is 14.4 Å². The minimum atomic E-state index is -0.852. The van der Waals surface area contributed by atoms with Crippen LogP contribution in [0.5, 0.6) is 0 Å². The molecule has 0 aromatic carbocycles. The number of allylic oxidation sites excluding steroid dienone is 26. The van der Waals surface area contributed by atoms with Crippen molar-refractivity contribution < 1.29 is 28.6 Å². The number of unbranched alkanes of at least 4 members (excludes halogenated alkanes) is 7. The van der Waals surface area contributed by atoms with Gasteiger partial charge in [0.2, 0.25) is 0 Å². The van der Waals surface area contributed by atoms with E-state index in [-0.39, 0.29) is 50.4 Å². The predicted octanol–water partition coefficient (Wildman–Crippen LogP) is 17.4. The average molecular weight is 921 g/mol. The molecular weight excluding hydrogens is 829 g/mol. The largest absolute Gasteiger partial charge is 0.462 e. The molecule has 0 aliphatic rings. The van der Waals surface area contributed by atoms with Gasteiger partial charge >= 0.3 is 17.9 Å². The highest BCUT2D eigenvalue weighted by Gasteiger charge is 2.19. The molecule has 0 atom stereocenters. The first-order chi connectivity index (χ1) is 33.0. The molecule has 372 valence electrons. The Kier molecular flexibility index (Phi) is 49.7. The summed E-state index contributed by atoms with van der Waals surface area (Å²) >= 11 is 0. The van der Waals surface area contributed by atoms with Gasteiger partial charge in [-0.1, -0.05) is 192 Å². The topological polar surface area (TPSA) is 78.9 Å². The van der Waals surface area contributed by atoms with Crippen molar-refractivity contribution in [3.05, 3.63) is 158 Å². The van der Waals surface area contributed by atoms with Crippen LogP contribution in [0.25, 0.3) is 0 Å². The molecule has 0 bridgehead atoms. The highest BCUT2D eigenvalue weighted by molar-refractivity contribution is 5.71. The van der Waals surface area contributed by atoms with Crippen molar-refractivity contribution in [2.45, 2.75) is 194 Å². The number of esters is 3. The van der Waals surface area contributed by atoms with E-state index in [0.29, 0.717) is 19.3 Å². The van der Waals surface area contributed by atoms with Crippen molar-refractivity contribution in [2.24, 2.45) is 0 Å². The third kappa shape index (κ3) is 51.9. The van der Waals surface area contributed by atoms with E-state index in [2.05, 4.69) is 179 Å². The molecule has 0 aromatic heterocycles. The van der Waals surface area contributed by atoms with E-state index in [1.807, 2.05) is 0 Å². The summed E-state index contributed by atoms with van der Waals surface area (Å²) in [5.41, 5.74) is 0. The number of hydrogen-bond donors (Lipinski definition) is 0. The molecule has 6 nitrogen and oxygen atoms in total. The average Bonchev–Trinajstić information content (AvgIpc) is 3.33. The maximum atomic E-state index is 12.8. The van der Waals surface area contributed by atoms with E-state index in [1.165, 1.54) is 19.3 Å². The van der Waals surface area contributed by atoms with Gasteiger partial charge in [0.1, 0.15) is 13.2 Å². The first-order valence-electron chi connectivity index (χ1n) is 26.0. The van der Waals surface area contributed by atoms with Gasteiger partial charge in [-0.2, -0.15) is 0 Å². The molecule has 0 aliphatic carbocycles. The summed E-state index contributed by atoms with van der Waals surface area (Å²) in [4.78, 5) is 38.0. The fraction of sp³-hybridized carbons (Fsp3) is 0.525. The van der Waals surface area contributed by atoms with Gasteiger partial charge in [-0.05, 0) is 135 Å². The Bertz CT molecular complexity index is 1490. The molecule has 0 unspecified atom stereocenters. The Labute approximate surface area is 409 Å². The zero-order chi connectivity index (χ0) is 48.6. The van der Waals surface area contributed by atoms with Gasteiger partial charge in [0, 0.05) is 19.3 Å². The van der Waals surface area contributed by atoms with E-state index in [0.717, 1.165) is 109 Å². The van der Waals surface area contributed by atoms with Gasteiger partial charge in [0.15, 0.2) is 6.10 Å². The lowest BCUT2D eigenvalue weighted by Crippen LogP contribution is -2.30. The molecule has 0 saturated carbocycles. The second kappa shape index (κ2) is 53.6. The van der Waals surface area contributed by atoms with E-state index in [4.69, 9.17) is 14.2 Å². The van der Waals surface area contributed by atoms with Crippen LogP contribution >= 0.6 is 0 Å². The number of rotatable bonds is 44. The lowest BCUT2D eigenvalue weighted by atomic mass is 10.1. The summed E-state index contributed by atoms with van der Waals surface area (Å²) in [6, 6.07) is 0. The fourth-order valence-corrected chi connectivity index (χ4v) is 6.16. The van der Waals surface area contributed by atoms with Crippen LogP contribution in [0.15, 0.2) is 158 Å². The van der Waals surface area contributed by atoms with Crippen molar-refractivity contribution in [3.8, 4) is 0 Å². The molecule has 6 heteroatoms. The molecule has 0 aromatic rings. The zero-order valence-corrected chi connectivity index (χ0v) is 42.3. The number of hydrogen-bond acceptors (Lipinski definition) is 6. The molecule has 0 aliphatic heterocycles. The Balaban J connectivity index is 4.67.